The van der Waals surface area contributed by atoms with Crippen molar-refractivity contribution in [2.75, 3.05) is 15.8 Å². The number of amides is 1. The third-order valence-corrected chi connectivity index (χ3v) is 4.60. The van der Waals surface area contributed by atoms with Crippen LogP contribution in [0.3, 0.4) is 0 Å². The summed E-state index contributed by atoms with van der Waals surface area (Å²) in [5, 5.41) is 2.70. The first-order valence-corrected chi connectivity index (χ1v) is 8.21. The maximum Gasteiger partial charge on any atom is 0.244 e. The largest absolute Gasteiger partial charge is 0.324 e. The van der Waals surface area contributed by atoms with E-state index in [2.05, 4.69) is 10.0 Å². The zero-order valence-electron chi connectivity index (χ0n) is 11.3. The van der Waals surface area contributed by atoms with Gasteiger partial charge in [0, 0.05) is 5.69 Å². The van der Waals surface area contributed by atoms with Gasteiger partial charge in [0.15, 0.2) is 0 Å². The van der Waals surface area contributed by atoms with Crippen LogP contribution in [0.4, 0.5) is 11.4 Å². The zero-order chi connectivity index (χ0) is 14.8. The number of hydrogen-bond donors (Lipinski definition) is 3. The van der Waals surface area contributed by atoms with Gasteiger partial charge in [0.2, 0.25) is 15.9 Å². The molecule has 1 aromatic rings. The molecule has 2 rings (SSSR count). The average molecular weight is 297 g/mol. The Morgan fingerprint density at radius 2 is 2.00 bits per heavy atom. The number of nitrogens with one attached hydrogen (secondary N) is 2. The summed E-state index contributed by atoms with van der Waals surface area (Å²) in [7, 11) is -3.33. The van der Waals surface area contributed by atoms with Gasteiger partial charge >= 0.3 is 0 Å². The van der Waals surface area contributed by atoms with Gasteiger partial charge in [-0.25, -0.2) is 8.42 Å². The summed E-state index contributed by atoms with van der Waals surface area (Å²) in [5.74, 6) is -0.166. The molecular formula is C13H19N3O3S. The summed E-state index contributed by atoms with van der Waals surface area (Å²) < 4.78 is 25.8. The van der Waals surface area contributed by atoms with Crippen molar-refractivity contribution in [2.24, 2.45) is 5.73 Å². The molecule has 110 valence electrons. The monoisotopic (exact) mass is 297 g/mol. The minimum Gasteiger partial charge on any atom is -0.324 e. The number of carbonyl (C=O) groups is 1. The number of rotatable bonds is 6. The lowest BCUT2D eigenvalue weighted by Crippen LogP contribution is -2.37. The molecule has 1 fully saturated rings. The van der Waals surface area contributed by atoms with Crippen LogP contribution in [0.15, 0.2) is 24.3 Å². The molecule has 20 heavy (non-hydrogen) atoms. The molecule has 0 heterocycles. The molecular weight excluding hydrogens is 278 g/mol. The van der Waals surface area contributed by atoms with Gasteiger partial charge in [0.05, 0.1) is 17.0 Å². The predicted molar refractivity (Wildman–Crippen MR) is 78.9 cm³/mol. The Morgan fingerprint density at radius 1 is 1.35 bits per heavy atom. The lowest BCUT2D eigenvalue weighted by molar-refractivity contribution is -0.118. The SMILES string of the molecule is CCCS(=O)(=O)Nc1cccc(NC(=O)C2(N)CC2)c1. The fourth-order valence-corrected chi connectivity index (χ4v) is 2.90. The van der Waals surface area contributed by atoms with Crippen molar-refractivity contribution < 1.29 is 13.2 Å². The average Bonchev–Trinajstić information content (AvgIpc) is 3.08. The van der Waals surface area contributed by atoms with E-state index < -0.39 is 15.6 Å². The number of sulfonamides is 1. The molecule has 0 aromatic heterocycles. The molecule has 0 saturated heterocycles. The quantitative estimate of drug-likeness (QED) is 0.736. The lowest BCUT2D eigenvalue weighted by atomic mass is 10.2. The van der Waals surface area contributed by atoms with E-state index in [1.54, 1.807) is 31.2 Å². The first kappa shape index (κ1) is 14.8. The minimum absolute atomic E-state index is 0.0650. The highest BCUT2D eigenvalue weighted by molar-refractivity contribution is 7.92. The van der Waals surface area contributed by atoms with Gasteiger partial charge in [0.1, 0.15) is 0 Å². The lowest BCUT2D eigenvalue weighted by Gasteiger charge is -2.12. The molecule has 0 radical (unpaired) electrons. The Bertz CT molecular complexity index is 609. The highest BCUT2D eigenvalue weighted by Gasteiger charge is 2.45. The van der Waals surface area contributed by atoms with E-state index in [4.69, 9.17) is 5.73 Å². The van der Waals surface area contributed by atoms with E-state index in [9.17, 15) is 13.2 Å². The molecule has 1 aliphatic carbocycles. The maximum atomic E-state index is 11.8. The molecule has 1 aromatic carbocycles. The molecule has 0 atom stereocenters. The predicted octanol–water partition coefficient (Wildman–Crippen LogP) is 1.27. The fourth-order valence-electron chi connectivity index (χ4n) is 1.78. The van der Waals surface area contributed by atoms with Crippen molar-refractivity contribution >= 4 is 27.3 Å². The Hall–Kier alpha value is -1.60. The van der Waals surface area contributed by atoms with Crippen molar-refractivity contribution in [3.8, 4) is 0 Å². The van der Waals surface area contributed by atoms with Crippen molar-refractivity contribution in [3.05, 3.63) is 24.3 Å². The molecule has 0 bridgehead atoms. The van der Waals surface area contributed by atoms with Crippen LogP contribution in [0.1, 0.15) is 26.2 Å². The van der Waals surface area contributed by atoms with Crippen molar-refractivity contribution in [2.45, 2.75) is 31.7 Å². The molecule has 0 aliphatic heterocycles. The van der Waals surface area contributed by atoms with Gasteiger partial charge in [-0.2, -0.15) is 0 Å². The highest BCUT2D eigenvalue weighted by Crippen LogP contribution is 2.33. The van der Waals surface area contributed by atoms with Gasteiger partial charge in [-0.05, 0) is 37.5 Å². The molecule has 4 N–H and O–H groups in total. The third-order valence-electron chi connectivity index (χ3n) is 3.11. The Morgan fingerprint density at radius 3 is 2.60 bits per heavy atom. The normalized spacial score (nSPS) is 16.5. The third kappa shape index (κ3) is 3.71. The number of hydrogen-bond acceptors (Lipinski definition) is 4. The van der Waals surface area contributed by atoms with Gasteiger partial charge in [-0.3, -0.25) is 9.52 Å². The van der Waals surface area contributed by atoms with Gasteiger partial charge in [-0.15, -0.1) is 0 Å². The number of carbonyl (C=O) groups excluding carboxylic acids is 1. The second-order valence-electron chi connectivity index (χ2n) is 5.11. The van der Waals surface area contributed by atoms with Crippen LogP contribution in [-0.2, 0) is 14.8 Å². The Labute approximate surface area is 118 Å². The van der Waals surface area contributed by atoms with E-state index in [0.29, 0.717) is 30.6 Å². The van der Waals surface area contributed by atoms with Crippen LogP contribution < -0.4 is 15.8 Å². The van der Waals surface area contributed by atoms with Crippen LogP contribution >= 0.6 is 0 Å². The standard InChI is InChI=1S/C13H19N3O3S/c1-2-8-20(18,19)16-11-5-3-4-10(9-11)15-12(17)13(14)6-7-13/h3-5,9,16H,2,6-8,14H2,1H3,(H,15,17). The van der Waals surface area contributed by atoms with Crippen LogP contribution in [0.25, 0.3) is 0 Å². The molecule has 6 nitrogen and oxygen atoms in total. The Balaban J connectivity index is 2.06. The number of nitrogens with two attached hydrogens (primary N) is 1. The van der Waals surface area contributed by atoms with Gasteiger partial charge in [-0.1, -0.05) is 13.0 Å². The molecule has 1 saturated carbocycles. The summed E-state index contributed by atoms with van der Waals surface area (Å²) in [6.45, 7) is 1.80. The second kappa shape index (κ2) is 5.41. The minimum atomic E-state index is -3.33. The van der Waals surface area contributed by atoms with Crippen molar-refractivity contribution in [3.63, 3.8) is 0 Å². The van der Waals surface area contributed by atoms with Crippen molar-refractivity contribution in [1.29, 1.82) is 0 Å². The first-order valence-electron chi connectivity index (χ1n) is 6.55. The van der Waals surface area contributed by atoms with E-state index >= 15 is 0 Å². The Kier molecular flexibility index (Phi) is 4.01. The molecule has 0 spiro atoms. The molecule has 1 amide bonds. The van der Waals surface area contributed by atoms with Crippen LogP contribution in [0.2, 0.25) is 0 Å². The van der Waals surface area contributed by atoms with Crippen LogP contribution in [0, 0.1) is 0 Å². The number of benzene rings is 1. The van der Waals surface area contributed by atoms with Crippen LogP contribution in [0.5, 0.6) is 0 Å². The summed E-state index contributed by atoms with van der Waals surface area (Å²) in [4.78, 5) is 11.8. The zero-order valence-corrected chi connectivity index (χ0v) is 12.2. The molecule has 1 aliphatic rings. The van der Waals surface area contributed by atoms with E-state index in [1.165, 1.54) is 0 Å². The van der Waals surface area contributed by atoms with Crippen LogP contribution in [-0.4, -0.2) is 25.6 Å². The summed E-state index contributed by atoms with van der Waals surface area (Å²) in [6.07, 6.45) is 1.91. The topological polar surface area (TPSA) is 101 Å². The van der Waals surface area contributed by atoms with E-state index in [-0.39, 0.29) is 11.7 Å². The van der Waals surface area contributed by atoms with Gasteiger partial charge < -0.3 is 11.1 Å². The summed E-state index contributed by atoms with van der Waals surface area (Å²) >= 11 is 0. The maximum absolute atomic E-state index is 11.8. The smallest absolute Gasteiger partial charge is 0.244 e. The first-order chi connectivity index (χ1) is 9.35. The van der Waals surface area contributed by atoms with E-state index in [0.717, 1.165) is 0 Å². The van der Waals surface area contributed by atoms with E-state index in [1.807, 2.05) is 0 Å². The summed E-state index contributed by atoms with van der Waals surface area (Å²) in [5.41, 5.74) is 6.00. The fraction of sp³-hybridized carbons (Fsp3) is 0.462. The second-order valence-corrected chi connectivity index (χ2v) is 6.95. The molecule has 7 heteroatoms. The van der Waals surface area contributed by atoms with Gasteiger partial charge in [0.25, 0.3) is 0 Å². The highest BCUT2D eigenvalue weighted by atomic mass is 32.2. The molecule has 0 unspecified atom stereocenters. The number of anilines is 2. The van der Waals surface area contributed by atoms with Crippen molar-refractivity contribution in [1.82, 2.24) is 0 Å². The summed E-state index contributed by atoms with van der Waals surface area (Å²) in [6, 6.07) is 6.59.